The topological polar surface area (TPSA) is 131 Å². The minimum atomic E-state index is -3.79. The van der Waals surface area contributed by atoms with Crippen molar-refractivity contribution in [3.63, 3.8) is 0 Å². The Morgan fingerprint density at radius 2 is 1.68 bits per heavy atom. The normalized spacial score (nSPS) is 11.2. The summed E-state index contributed by atoms with van der Waals surface area (Å²) < 4.78 is 30.5. The monoisotopic (exact) mass is 442 g/mol. The Kier molecular flexibility index (Phi) is 7.27. The number of nitrogens with two attached hydrogens (primary N) is 1. The number of benzene rings is 2. The molecule has 164 valence electrons. The van der Waals surface area contributed by atoms with Gasteiger partial charge in [0.05, 0.1) is 11.5 Å². The Morgan fingerprint density at radius 1 is 1.00 bits per heavy atom. The molecule has 0 aliphatic rings. The highest BCUT2D eigenvalue weighted by atomic mass is 32.2. The maximum atomic E-state index is 12.4. The van der Waals surface area contributed by atoms with Crippen molar-refractivity contribution in [2.24, 2.45) is 0 Å². The lowest BCUT2D eigenvalue weighted by Gasteiger charge is -2.14. The SMILES string of the molecule is CCCCOc1ccc(Nc2ncnc(NNS(=O)(=O)c3ccc(C)cc3)c2N)cc1. The zero-order valence-electron chi connectivity index (χ0n) is 17.4. The maximum absolute atomic E-state index is 12.4. The van der Waals surface area contributed by atoms with Crippen LogP contribution in [0, 0.1) is 6.92 Å². The third kappa shape index (κ3) is 6.06. The van der Waals surface area contributed by atoms with E-state index in [1.165, 1.54) is 18.5 Å². The van der Waals surface area contributed by atoms with Gasteiger partial charge in [0.1, 0.15) is 17.8 Å². The van der Waals surface area contributed by atoms with Crippen molar-refractivity contribution in [1.29, 1.82) is 0 Å². The summed E-state index contributed by atoms with van der Waals surface area (Å²) in [7, 11) is -3.79. The molecule has 10 heteroatoms. The lowest BCUT2D eigenvalue weighted by Crippen LogP contribution is -2.30. The van der Waals surface area contributed by atoms with Crippen LogP contribution in [0.3, 0.4) is 0 Å². The summed E-state index contributed by atoms with van der Waals surface area (Å²) >= 11 is 0. The van der Waals surface area contributed by atoms with Gasteiger partial charge in [0.15, 0.2) is 11.6 Å². The first-order valence-corrected chi connectivity index (χ1v) is 11.3. The molecule has 0 spiro atoms. The number of aryl methyl sites for hydroxylation is 1. The Morgan fingerprint density at radius 3 is 2.35 bits per heavy atom. The minimum absolute atomic E-state index is 0.123. The zero-order chi connectivity index (χ0) is 22.3. The van der Waals surface area contributed by atoms with Crippen molar-refractivity contribution in [3.05, 3.63) is 60.4 Å². The van der Waals surface area contributed by atoms with Crippen LogP contribution in [0.25, 0.3) is 0 Å². The van der Waals surface area contributed by atoms with Gasteiger partial charge in [-0.1, -0.05) is 31.0 Å². The number of rotatable bonds is 10. The number of hydrazine groups is 1. The van der Waals surface area contributed by atoms with Gasteiger partial charge in [-0.3, -0.25) is 5.43 Å². The standard InChI is InChI=1S/C21H26N6O3S/c1-3-4-13-30-17-9-7-16(8-10-17)25-20-19(22)21(24-14-23-20)26-27-31(28,29)18-11-5-15(2)6-12-18/h5-12,14,27H,3-4,13,22H2,1-2H3,(H2,23,24,25,26). The number of aromatic nitrogens is 2. The van der Waals surface area contributed by atoms with Crippen molar-refractivity contribution in [3.8, 4) is 5.75 Å². The third-order valence-electron chi connectivity index (χ3n) is 4.40. The summed E-state index contributed by atoms with van der Waals surface area (Å²) in [6, 6.07) is 13.9. The fourth-order valence-corrected chi connectivity index (χ4v) is 3.44. The molecule has 9 nitrogen and oxygen atoms in total. The molecule has 31 heavy (non-hydrogen) atoms. The summed E-state index contributed by atoms with van der Waals surface area (Å²) in [6.07, 6.45) is 3.36. The summed E-state index contributed by atoms with van der Waals surface area (Å²) in [5.41, 5.74) is 10.6. The molecule has 3 aromatic rings. The molecule has 0 aliphatic heterocycles. The van der Waals surface area contributed by atoms with E-state index in [9.17, 15) is 8.42 Å². The van der Waals surface area contributed by atoms with Gasteiger partial charge in [0, 0.05) is 5.69 Å². The van der Waals surface area contributed by atoms with Crippen LogP contribution in [0.1, 0.15) is 25.3 Å². The number of sulfonamides is 1. The quantitative estimate of drug-likeness (QED) is 0.277. The molecule has 0 aliphatic carbocycles. The molecule has 0 fully saturated rings. The molecule has 5 N–H and O–H groups in total. The first-order chi connectivity index (χ1) is 14.9. The fraction of sp³-hybridized carbons (Fsp3) is 0.238. The van der Waals surface area contributed by atoms with Crippen LogP contribution >= 0.6 is 0 Å². The van der Waals surface area contributed by atoms with E-state index >= 15 is 0 Å². The molecule has 0 saturated heterocycles. The Labute approximate surface area is 182 Å². The second kappa shape index (κ2) is 10.1. The van der Waals surface area contributed by atoms with Crippen LogP contribution in [-0.4, -0.2) is 25.0 Å². The fourth-order valence-electron chi connectivity index (χ4n) is 2.59. The molecule has 1 heterocycles. The second-order valence-electron chi connectivity index (χ2n) is 6.88. The van der Waals surface area contributed by atoms with Crippen LogP contribution in [0.4, 0.5) is 23.0 Å². The lowest BCUT2D eigenvalue weighted by atomic mass is 10.2. The molecular formula is C21H26N6O3S. The Balaban J connectivity index is 1.66. The van der Waals surface area contributed by atoms with Gasteiger partial charge in [0.25, 0.3) is 10.0 Å². The smallest absolute Gasteiger partial charge is 0.257 e. The van der Waals surface area contributed by atoms with Crippen LogP contribution in [-0.2, 0) is 10.0 Å². The number of hydrogen-bond acceptors (Lipinski definition) is 8. The van der Waals surface area contributed by atoms with E-state index in [2.05, 4.69) is 32.5 Å². The van der Waals surface area contributed by atoms with E-state index in [-0.39, 0.29) is 16.4 Å². The molecule has 0 atom stereocenters. The Bertz CT molecular complexity index is 1100. The average molecular weight is 443 g/mol. The highest BCUT2D eigenvalue weighted by Gasteiger charge is 2.15. The van der Waals surface area contributed by atoms with E-state index in [1.807, 2.05) is 31.2 Å². The van der Waals surface area contributed by atoms with Gasteiger partial charge in [-0.2, -0.15) is 0 Å². The average Bonchev–Trinajstić information content (AvgIpc) is 2.76. The van der Waals surface area contributed by atoms with E-state index in [0.717, 1.165) is 29.8 Å². The first-order valence-electron chi connectivity index (χ1n) is 9.84. The van der Waals surface area contributed by atoms with Crippen LogP contribution in [0.5, 0.6) is 5.75 Å². The molecule has 2 aromatic carbocycles. The summed E-state index contributed by atoms with van der Waals surface area (Å²) in [5.74, 6) is 1.25. The van der Waals surface area contributed by atoms with Gasteiger partial charge in [-0.25, -0.2) is 18.4 Å². The number of anilines is 4. The van der Waals surface area contributed by atoms with Gasteiger partial charge >= 0.3 is 0 Å². The maximum Gasteiger partial charge on any atom is 0.257 e. The van der Waals surface area contributed by atoms with Gasteiger partial charge in [-0.15, -0.1) is 4.83 Å². The summed E-state index contributed by atoms with van der Waals surface area (Å²) in [4.78, 5) is 10.6. The van der Waals surface area contributed by atoms with Crippen molar-refractivity contribution >= 4 is 33.0 Å². The van der Waals surface area contributed by atoms with Crippen LogP contribution in [0.15, 0.2) is 59.8 Å². The van der Waals surface area contributed by atoms with Crippen molar-refractivity contribution in [2.75, 3.05) is 23.1 Å². The molecule has 1 aromatic heterocycles. The van der Waals surface area contributed by atoms with E-state index in [0.29, 0.717) is 12.4 Å². The van der Waals surface area contributed by atoms with Crippen molar-refractivity contribution < 1.29 is 13.2 Å². The highest BCUT2D eigenvalue weighted by molar-refractivity contribution is 7.89. The molecule has 0 saturated carbocycles. The molecule has 0 unspecified atom stereocenters. The predicted molar refractivity (Wildman–Crippen MR) is 122 cm³/mol. The lowest BCUT2D eigenvalue weighted by molar-refractivity contribution is 0.309. The summed E-state index contributed by atoms with van der Waals surface area (Å²) in [5, 5.41) is 3.09. The van der Waals surface area contributed by atoms with Crippen LogP contribution < -0.4 is 26.0 Å². The Hall–Kier alpha value is -3.37. The molecule has 3 rings (SSSR count). The van der Waals surface area contributed by atoms with Gasteiger partial charge in [0.2, 0.25) is 0 Å². The van der Waals surface area contributed by atoms with Gasteiger partial charge < -0.3 is 15.8 Å². The predicted octanol–water partition coefficient (Wildman–Crippen LogP) is 3.60. The van der Waals surface area contributed by atoms with E-state index < -0.39 is 10.0 Å². The number of hydrogen-bond donors (Lipinski definition) is 4. The van der Waals surface area contributed by atoms with E-state index in [1.54, 1.807) is 12.1 Å². The number of ether oxygens (including phenoxy) is 1. The first kappa shape index (κ1) is 22.3. The second-order valence-corrected chi connectivity index (χ2v) is 8.56. The molecule has 0 radical (unpaired) electrons. The number of nitrogens with one attached hydrogen (secondary N) is 3. The van der Waals surface area contributed by atoms with Crippen molar-refractivity contribution in [2.45, 2.75) is 31.6 Å². The number of unbranched alkanes of at least 4 members (excludes halogenated alkanes) is 1. The number of nitrogen functional groups attached to an aromatic ring is 1. The zero-order valence-corrected chi connectivity index (χ0v) is 18.2. The largest absolute Gasteiger partial charge is 0.494 e. The molecule has 0 bridgehead atoms. The highest BCUT2D eigenvalue weighted by Crippen LogP contribution is 2.26. The van der Waals surface area contributed by atoms with Crippen molar-refractivity contribution in [1.82, 2.24) is 14.8 Å². The third-order valence-corrected chi connectivity index (χ3v) is 5.67. The van der Waals surface area contributed by atoms with E-state index in [4.69, 9.17) is 10.5 Å². The van der Waals surface area contributed by atoms with Gasteiger partial charge in [-0.05, 0) is 49.7 Å². The number of nitrogens with zero attached hydrogens (tertiary/aromatic N) is 2. The summed E-state index contributed by atoms with van der Waals surface area (Å²) in [6.45, 7) is 4.67. The minimum Gasteiger partial charge on any atom is -0.494 e. The molecular weight excluding hydrogens is 416 g/mol. The molecule has 0 amide bonds. The van der Waals surface area contributed by atoms with Crippen LogP contribution in [0.2, 0.25) is 0 Å².